The van der Waals surface area contributed by atoms with Gasteiger partial charge in [-0.1, -0.05) is 12.1 Å². The van der Waals surface area contributed by atoms with Crippen molar-refractivity contribution in [3.8, 4) is 16.9 Å². The molecular formula is C17H24IN3OS. The second-order valence-corrected chi connectivity index (χ2v) is 6.25. The van der Waals surface area contributed by atoms with Crippen molar-refractivity contribution in [3.63, 3.8) is 0 Å². The molecule has 1 heterocycles. The van der Waals surface area contributed by atoms with Crippen LogP contribution in [0.25, 0.3) is 11.1 Å². The normalized spacial score (nSPS) is 11.1. The van der Waals surface area contributed by atoms with Crippen molar-refractivity contribution >= 4 is 41.3 Å². The van der Waals surface area contributed by atoms with Crippen LogP contribution in [-0.4, -0.2) is 26.2 Å². The van der Waals surface area contributed by atoms with E-state index in [4.69, 9.17) is 4.74 Å². The molecule has 23 heavy (non-hydrogen) atoms. The molecule has 0 aliphatic rings. The van der Waals surface area contributed by atoms with E-state index >= 15 is 0 Å². The summed E-state index contributed by atoms with van der Waals surface area (Å²) in [5.41, 5.74) is 2.43. The Labute approximate surface area is 159 Å². The Bertz CT molecular complexity index is 623. The molecule has 0 aliphatic carbocycles. The van der Waals surface area contributed by atoms with Gasteiger partial charge < -0.3 is 15.4 Å². The van der Waals surface area contributed by atoms with Crippen LogP contribution in [0, 0.1) is 0 Å². The first-order valence-electron chi connectivity index (χ1n) is 7.31. The molecule has 0 spiro atoms. The number of guanidine groups is 1. The molecule has 0 fully saturated rings. The lowest BCUT2D eigenvalue weighted by atomic mass is 10.1. The lowest BCUT2D eigenvalue weighted by Crippen LogP contribution is -2.40. The van der Waals surface area contributed by atoms with Crippen molar-refractivity contribution in [2.75, 3.05) is 14.2 Å². The number of halogens is 1. The average molecular weight is 445 g/mol. The van der Waals surface area contributed by atoms with E-state index in [0.717, 1.165) is 18.3 Å². The Morgan fingerprint density at radius 2 is 1.91 bits per heavy atom. The molecule has 0 radical (unpaired) electrons. The number of nitrogens with zero attached hydrogens (tertiary/aromatic N) is 1. The minimum absolute atomic E-state index is 0. The van der Waals surface area contributed by atoms with Gasteiger partial charge in [-0.25, -0.2) is 0 Å². The van der Waals surface area contributed by atoms with Crippen LogP contribution in [0.1, 0.15) is 18.7 Å². The number of nitrogens with one attached hydrogen (secondary N) is 2. The summed E-state index contributed by atoms with van der Waals surface area (Å²) in [4.78, 5) is 5.49. The van der Waals surface area contributed by atoms with Gasteiger partial charge in [-0.2, -0.15) is 0 Å². The van der Waals surface area contributed by atoms with Crippen LogP contribution in [0.4, 0.5) is 0 Å². The van der Waals surface area contributed by atoms with Crippen molar-refractivity contribution in [2.45, 2.75) is 26.4 Å². The summed E-state index contributed by atoms with van der Waals surface area (Å²) in [5, 5.41) is 8.79. The molecule has 1 aromatic carbocycles. The predicted octanol–water partition coefficient (Wildman–Crippen LogP) is 4.12. The molecular weight excluding hydrogens is 421 g/mol. The summed E-state index contributed by atoms with van der Waals surface area (Å²) in [6, 6.07) is 10.7. The third-order valence-electron chi connectivity index (χ3n) is 3.16. The third-order valence-corrected chi connectivity index (χ3v) is 4.09. The number of hydrogen-bond donors (Lipinski definition) is 2. The number of hydrogen-bond acceptors (Lipinski definition) is 3. The van der Waals surface area contributed by atoms with E-state index in [1.165, 1.54) is 16.0 Å². The van der Waals surface area contributed by atoms with E-state index < -0.39 is 0 Å². The number of methoxy groups -OCH3 is 1. The first kappa shape index (κ1) is 19.8. The van der Waals surface area contributed by atoms with Crippen molar-refractivity contribution in [1.29, 1.82) is 0 Å². The van der Waals surface area contributed by atoms with Gasteiger partial charge in [0.25, 0.3) is 0 Å². The largest absolute Gasteiger partial charge is 0.497 e. The van der Waals surface area contributed by atoms with Crippen LogP contribution >= 0.6 is 35.3 Å². The smallest absolute Gasteiger partial charge is 0.191 e. The van der Waals surface area contributed by atoms with E-state index in [1.807, 2.05) is 12.1 Å². The average Bonchev–Trinajstić information content (AvgIpc) is 3.00. The van der Waals surface area contributed by atoms with Gasteiger partial charge >= 0.3 is 0 Å². The highest BCUT2D eigenvalue weighted by molar-refractivity contribution is 14.0. The van der Waals surface area contributed by atoms with Crippen molar-refractivity contribution in [3.05, 3.63) is 40.6 Å². The Kier molecular flexibility index (Phi) is 8.40. The van der Waals surface area contributed by atoms with Gasteiger partial charge in [-0.05, 0) is 48.6 Å². The molecule has 126 valence electrons. The zero-order chi connectivity index (χ0) is 15.9. The van der Waals surface area contributed by atoms with E-state index in [0.29, 0.717) is 6.04 Å². The highest BCUT2D eigenvalue weighted by atomic mass is 127. The second kappa shape index (κ2) is 9.77. The van der Waals surface area contributed by atoms with Gasteiger partial charge in [0, 0.05) is 18.0 Å². The Hall–Kier alpha value is -1.28. The van der Waals surface area contributed by atoms with E-state index in [2.05, 4.69) is 53.1 Å². The standard InChI is InChI=1S/C17H23N3OS.HI/c1-12(2)20-17(18-3)19-10-16-9-14(11-22-16)13-5-7-15(21-4)8-6-13;/h5-9,11-12H,10H2,1-4H3,(H2,18,19,20);1H. The molecule has 0 saturated heterocycles. The predicted molar refractivity (Wildman–Crippen MR) is 110 cm³/mol. The van der Waals surface area contributed by atoms with Crippen LogP contribution < -0.4 is 15.4 Å². The molecule has 0 saturated carbocycles. The SMILES string of the molecule is CN=C(NCc1cc(-c2ccc(OC)cc2)cs1)NC(C)C.I. The lowest BCUT2D eigenvalue weighted by Gasteiger charge is -2.13. The van der Waals surface area contributed by atoms with Crippen LogP contribution in [0.15, 0.2) is 40.7 Å². The van der Waals surface area contributed by atoms with Crippen molar-refractivity contribution in [1.82, 2.24) is 10.6 Å². The zero-order valence-electron chi connectivity index (χ0n) is 13.9. The highest BCUT2D eigenvalue weighted by Gasteiger charge is 2.05. The molecule has 2 N–H and O–H groups in total. The fourth-order valence-corrected chi connectivity index (χ4v) is 2.88. The molecule has 2 rings (SSSR count). The van der Waals surface area contributed by atoms with Crippen LogP contribution in [0.2, 0.25) is 0 Å². The Morgan fingerprint density at radius 1 is 1.22 bits per heavy atom. The summed E-state index contributed by atoms with van der Waals surface area (Å²) < 4.78 is 5.19. The van der Waals surface area contributed by atoms with Crippen molar-refractivity contribution < 1.29 is 4.74 Å². The maximum absolute atomic E-state index is 5.19. The first-order chi connectivity index (χ1) is 10.6. The van der Waals surface area contributed by atoms with Gasteiger partial charge in [0.05, 0.1) is 13.7 Å². The summed E-state index contributed by atoms with van der Waals surface area (Å²) in [6.45, 7) is 4.97. The second-order valence-electron chi connectivity index (χ2n) is 5.26. The van der Waals surface area contributed by atoms with E-state index in [-0.39, 0.29) is 24.0 Å². The van der Waals surface area contributed by atoms with Gasteiger partial charge in [-0.3, -0.25) is 4.99 Å². The maximum Gasteiger partial charge on any atom is 0.191 e. The lowest BCUT2D eigenvalue weighted by molar-refractivity contribution is 0.415. The molecule has 0 bridgehead atoms. The molecule has 0 atom stereocenters. The molecule has 0 aliphatic heterocycles. The van der Waals surface area contributed by atoms with Gasteiger partial charge in [-0.15, -0.1) is 35.3 Å². The number of rotatable bonds is 5. The van der Waals surface area contributed by atoms with E-state index in [1.54, 1.807) is 25.5 Å². The van der Waals surface area contributed by atoms with Crippen molar-refractivity contribution in [2.24, 2.45) is 4.99 Å². The maximum atomic E-state index is 5.19. The fourth-order valence-electron chi connectivity index (χ4n) is 2.05. The van der Waals surface area contributed by atoms with Gasteiger partial charge in [0.15, 0.2) is 5.96 Å². The number of aliphatic imine (C=N–C) groups is 1. The molecule has 2 aromatic rings. The summed E-state index contributed by atoms with van der Waals surface area (Å²) in [6.07, 6.45) is 0. The first-order valence-corrected chi connectivity index (χ1v) is 8.19. The van der Waals surface area contributed by atoms with Crippen LogP contribution in [0.5, 0.6) is 5.75 Å². The monoisotopic (exact) mass is 445 g/mol. The summed E-state index contributed by atoms with van der Waals surface area (Å²) in [7, 11) is 3.47. The number of thiophene rings is 1. The third kappa shape index (κ3) is 6.02. The van der Waals surface area contributed by atoms with Crippen LogP contribution in [0.3, 0.4) is 0 Å². The Balaban J connectivity index is 0.00000264. The quantitative estimate of drug-likeness (QED) is 0.414. The molecule has 1 aromatic heterocycles. The zero-order valence-corrected chi connectivity index (χ0v) is 17.1. The fraction of sp³-hybridized carbons (Fsp3) is 0.353. The minimum atomic E-state index is 0. The number of benzene rings is 1. The Morgan fingerprint density at radius 3 is 2.48 bits per heavy atom. The molecule has 0 unspecified atom stereocenters. The summed E-state index contributed by atoms with van der Waals surface area (Å²) in [5.74, 6) is 1.71. The topological polar surface area (TPSA) is 45.7 Å². The highest BCUT2D eigenvalue weighted by Crippen LogP contribution is 2.27. The molecule has 4 nitrogen and oxygen atoms in total. The molecule has 0 amide bonds. The summed E-state index contributed by atoms with van der Waals surface area (Å²) >= 11 is 1.75. The minimum Gasteiger partial charge on any atom is -0.497 e. The number of ether oxygens (including phenoxy) is 1. The van der Waals surface area contributed by atoms with Crippen LogP contribution in [-0.2, 0) is 6.54 Å². The van der Waals surface area contributed by atoms with Gasteiger partial charge in [0.1, 0.15) is 5.75 Å². The molecule has 6 heteroatoms. The van der Waals surface area contributed by atoms with E-state index in [9.17, 15) is 0 Å². The van der Waals surface area contributed by atoms with Gasteiger partial charge in [0.2, 0.25) is 0 Å².